The third-order valence-electron chi connectivity index (χ3n) is 2.86. The fraction of sp³-hybridized carbons (Fsp3) is 0.500. The van der Waals surface area contributed by atoms with Gasteiger partial charge in [0.1, 0.15) is 0 Å². The van der Waals surface area contributed by atoms with Crippen molar-refractivity contribution in [1.82, 2.24) is 0 Å². The van der Waals surface area contributed by atoms with Gasteiger partial charge < -0.3 is 4.43 Å². The van der Waals surface area contributed by atoms with Crippen LogP contribution in [0.25, 0.3) is 0 Å². The van der Waals surface area contributed by atoms with E-state index < -0.39 is 9.04 Å². The number of hydrogen-bond donors (Lipinski definition) is 0. The maximum atomic E-state index is 6.04. The van der Waals surface area contributed by atoms with Gasteiger partial charge in [-0.1, -0.05) is 57.7 Å². The van der Waals surface area contributed by atoms with Gasteiger partial charge in [0.05, 0.1) is 0 Å². The molecule has 1 nitrogen and oxygen atoms in total. The average Bonchev–Trinajstić information content (AvgIpc) is 2.34. The van der Waals surface area contributed by atoms with Crippen LogP contribution >= 0.6 is 0 Å². The molecular formula is C16H24OSi. The molecule has 0 radical (unpaired) electrons. The van der Waals surface area contributed by atoms with Crippen molar-refractivity contribution in [3.8, 4) is 11.8 Å². The van der Waals surface area contributed by atoms with Crippen molar-refractivity contribution < 1.29 is 4.43 Å². The summed E-state index contributed by atoms with van der Waals surface area (Å²) in [6.07, 6.45) is 0.831. The molecule has 0 saturated heterocycles. The molecule has 0 bridgehead atoms. The molecule has 0 heterocycles. The minimum absolute atomic E-state index is 0.701. The molecule has 18 heavy (non-hydrogen) atoms. The Morgan fingerprint density at radius 2 is 1.67 bits per heavy atom. The van der Waals surface area contributed by atoms with E-state index in [1.54, 1.807) is 0 Å². The van der Waals surface area contributed by atoms with Gasteiger partial charge in [-0.15, -0.1) is 0 Å². The van der Waals surface area contributed by atoms with E-state index >= 15 is 0 Å². The Labute approximate surface area is 113 Å². The molecule has 2 heteroatoms. The molecule has 98 valence electrons. The summed E-state index contributed by atoms with van der Waals surface area (Å²) in [5, 5.41) is 0. The summed E-state index contributed by atoms with van der Waals surface area (Å²) in [5.41, 5.74) is 2.48. The lowest BCUT2D eigenvalue weighted by atomic mass is 10.2. The minimum atomic E-state index is -1.06. The van der Waals surface area contributed by atoms with E-state index in [1.165, 1.54) is 0 Å². The highest BCUT2D eigenvalue weighted by Crippen LogP contribution is 2.20. The van der Waals surface area contributed by atoms with E-state index in [4.69, 9.17) is 4.43 Å². The first-order chi connectivity index (χ1) is 8.61. The van der Waals surface area contributed by atoms with Crippen molar-refractivity contribution in [3.63, 3.8) is 0 Å². The second kappa shape index (κ2) is 8.13. The maximum absolute atomic E-state index is 6.04. The van der Waals surface area contributed by atoms with Crippen molar-refractivity contribution >= 4 is 9.04 Å². The van der Waals surface area contributed by atoms with Crippen LogP contribution in [-0.4, -0.2) is 15.6 Å². The van der Waals surface area contributed by atoms with Gasteiger partial charge in [-0.25, -0.2) is 0 Å². The first-order valence-electron chi connectivity index (χ1n) is 6.76. The molecule has 0 spiro atoms. The van der Waals surface area contributed by atoms with E-state index in [9.17, 15) is 0 Å². The number of benzene rings is 1. The molecule has 0 unspecified atom stereocenters. The molecule has 0 amide bonds. The van der Waals surface area contributed by atoms with Crippen molar-refractivity contribution in [3.05, 3.63) is 35.9 Å². The highest BCUT2D eigenvalue weighted by atomic mass is 28.3. The van der Waals surface area contributed by atoms with Crippen LogP contribution < -0.4 is 0 Å². The lowest BCUT2D eigenvalue weighted by Crippen LogP contribution is -2.25. The monoisotopic (exact) mass is 260 g/mol. The zero-order chi connectivity index (χ0) is 13.4. The van der Waals surface area contributed by atoms with Crippen LogP contribution in [-0.2, 0) is 4.43 Å². The van der Waals surface area contributed by atoms with Crippen LogP contribution in [0.5, 0.6) is 0 Å². The molecule has 0 aliphatic heterocycles. The second-order valence-corrected chi connectivity index (χ2v) is 9.17. The van der Waals surface area contributed by atoms with Gasteiger partial charge in [-0.3, -0.25) is 0 Å². The molecule has 0 aliphatic rings. The van der Waals surface area contributed by atoms with Crippen molar-refractivity contribution in [1.29, 1.82) is 0 Å². The fourth-order valence-corrected chi connectivity index (χ4v) is 4.79. The van der Waals surface area contributed by atoms with Gasteiger partial charge in [0.25, 0.3) is 0 Å². The molecule has 1 rings (SSSR count). The van der Waals surface area contributed by atoms with Gasteiger partial charge in [-0.2, -0.15) is 0 Å². The Bertz CT molecular complexity index is 379. The molecule has 0 aliphatic carbocycles. The molecule has 0 aromatic heterocycles. The Hall–Kier alpha value is -1.04. The summed E-state index contributed by atoms with van der Waals surface area (Å²) >= 11 is 0. The molecule has 0 saturated carbocycles. The first-order valence-corrected chi connectivity index (χ1v) is 8.57. The number of rotatable bonds is 5. The third-order valence-corrected chi connectivity index (χ3v) is 6.11. The van der Waals surface area contributed by atoms with E-state index in [0.717, 1.165) is 18.6 Å². The van der Waals surface area contributed by atoms with E-state index in [0.29, 0.717) is 11.1 Å². The van der Waals surface area contributed by atoms with Crippen molar-refractivity contribution in [2.24, 2.45) is 0 Å². The standard InChI is InChI=1S/C16H24OSi/c1-14(2)18(15(3)4)17-13-9-8-12-16-10-6-5-7-11-16/h5-7,10-11,14-15,18H,9,13H2,1-4H3. The molecular weight excluding hydrogens is 236 g/mol. The summed E-state index contributed by atoms with van der Waals surface area (Å²) in [4.78, 5) is 0. The van der Waals surface area contributed by atoms with E-state index in [1.807, 2.05) is 30.3 Å². The Morgan fingerprint density at radius 3 is 2.22 bits per heavy atom. The largest absolute Gasteiger partial charge is 0.419 e. The van der Waals surface area contributed by atoms with Gasteiger partial charge in [0.15, 0.2) is 9.04 Å². The van der Waals surface area contributed by atoms with Gasteiger partial charge in [-0.05, 0) is 23.2 Å². The summed E-state index contributed by atoms with van der Waals surface area (Å²) in [7, 11) is -1.06. The zero-order valence-corrected chi connectivity index (χ0v) is 13.1. The SMILES string of the molecule is CC(C)[SiH](OCCC#Cc1ccccc1)C(C)C. The second-order valence-electron chi connectivity index (χ2n) is 5.24. The smallest absolute Gasteiger partial charge is 0.182 e. The van der Waals surface area contributed by atoms with Crippen LogP contribution in [0, 0.1) is 11.8 Å². The summed E-state index contributed by atoms with van der Waals surface area (Å²) in [6, 6.07) is 10.1. The van der Waals surface area contributed by atoms with Crippen LogP contribution in [0.1, 0.15) is 39.7 Å². The normalized spacial score (nSPS) is 10.8. The van der Waals surface area contributed by atoms with E-state index in [2.05, 4.69) is 39.5 Å². The maximum Gasteiger partial charge on any atom is 0.182 e. The highest BCUT2D eigenvalue weighted by molar-refractivity contribution is 6.54. The topological polar surface area (TPSA) is 9.23 Å². The quantitative estimate of drug-likeness (QED) is 0.442. The molecule has 0 atom stereocenters. The lowest BCUT2D eigenvalue weighted by Gasteiger charge is -2.22. The zero-order valence-electron chi connectivity index (χ0n) is 11.9. The number of hydrogen-bond acceptors (Lipinski definition) is 1. The molecule has 0 N–H and O–H groups in total. The van der Waals surface area contributed by atoms with Gasteiger partial charge in [0, 0.05) is 18.6 Å². The Morgan fingerprint density at radius 1 is 1.06 bits per heavy atom. The van der Waals surface area contributed by atoms with Crippen LogP contribution in [0.4, 0.5) is 0 Å². The third kappa shape index (κ3) is 5.53. The lowest BCUT2D eigenvalue weighted by molar-refractivity contribution is 0.316. The molecule has 1 aromatic rings. The summed E-state index contributed by atoms with van der Waals surface area (Å²) < 4.78 is 6.04. The predicted octanol–water partition coefficient (Wildman–Crippen LogP) is 3.99. The van der Waals surface area contributed by atoms with E-state index in [-0.39, 0.29) is 0 Å². The first kappa shape index (κ1) is 15.0. The summed E-state index contributed by atoms with van der Waals surface area (Å²) in [6.45, 7) is 9.87. The molecule has 0 fully saturated rings. The van der Waals surface area contributed by atoms with Crippen LogP contribution in [0.3, 0.4) is 0 Å². The fourth-order valence-electron chi connectivity index (χ4n) is 2.09. The Kier molecular flexibility index (Phi) is 6.78. The highest BCUT2D eigenvalue weighted by Gasteiger charge is 2.20. The predicted molar refractivity (Wildman–Crippen MR) is 81.2 cm³/mol. The van der Waals surface area contributed by atoms with Gasteiger partial charge >= 0.3 is 0 Å². The summed E-state index contributed by atoms with van der Waals surface area (Å²) in [5.74, 6) is 6.34. The van der Waals surface area contributed by atoms with Crippen LogP contribution in [0.15, 0.2) is 30.3 Å². The minimum Gasteiger partial charge on any atom is -0.419 e. The Balaban J connectivity index is 2.32. The average molecular weight is 260 g/mol. The van der Waals surface area contributed by atoms with Crippen LogP contribution in [0.2, 0.25) is 11.1 Å². The molecule has 1 aromatic carbocycles. The van der Waals surface area contributed by atoms with Crippen molar-refractivity contribution in [2.75, 3.05) is 6.61 Å². The van der Waals surface area contributed by atoms with Gasteiger partial charge in [0.2, 0.25) is 0 Å². The van der Waals surface area contributed by atoms with Crippen molar-refractivity contribution in [2.45, 2.75) is 45.2 Å².